The van der Waals surface area contributed by atoms with Crippen LogP contribution in [-0.2, 0) is 20.7 Å². The third-order valence-corrected chi connectivity index (χ3v) is 6.07. The molecule has 3 aromatic rings. The van der Waals surface area contributed by atoms with Gasteiger partial charge in [0.2, 0.25) is 5.91 Å². The molecule has 0 fully saturated rings. The Labute approximate surface area is 204 Å². The highest BCUT2D eigenvalue weighted by Crippen LogP contribution is 2.44. The van der Waals surface area contributed by atoms with Gasteiger partial charge in [0.15, 0.2) is 0 Å². The summed E-state index contributed by atoms with van der Waals surface area (Å²) < 4.78 is 5.57. The number of carboxylic acids is 1. The lowest BCUT2D eigenvalue weighted by Gasteiger charge is -2.14. The SMILES string of the molecule is O=C(O)CCCNC(=O)CCc1ccc(NC(=O)OCC2c3ccccc3-c3ccccc32)cc1. The number of rotatable bonds is 10. The summed E-state index contributed by atoms with van der Waals surface area (Å²) in [6, 6.07) is 23.7. The first-order valence-electron chi connectivity index (χ1n) is 11.7. The first-order chi connectivity index (χ1) is 17.0. The van der Waals surface area contributed by atoms with Gasteiger partial charge < -0.3 is 15.2 Å². The smallest absolute Gasteiger partial charge is 0.411 e. The molecule has 3 N–H and O–H groups in total. The van der Waals surface area contributed by atoms with Crippen LogP contribution in [0.25, 0.3) is 11.1 Å². The number of anilines is 1. The van der Waals surface area contributed by atoms with Crippen molar-refractivity contribution in [2.45, 2.75) is 31.6 Å². The van der Waals surface area contributed by atoms with Gasteiger partial charge in [0.25, 0.3) is 0 Å². The Morgan fingerprint density at radius 3 is 2.09 bits per heavy atom. The summed E-state index contributed by atoms with van der Waals surface area (Å²) in [5, 5.41) is 14.1. The van der Waals surface area contributed by atoms with Crippen LogP contribution in [0.3, 0.4) is 0 Å². The van der Waals surface area contributed by atoms with E-state index in [0.717, 1.165) is 16.7 Å². The molecular weight excluding hydrogens is 444 g/mol. The lowest BCUT2D eigenvalue weighted by molar-refractivity contribution is -0.137. The number of nitrogens with one attached hydrogen (secondary N) is 2. The van der Waals surface area contributed by atoms with Gasteiger partial charge in [0, 0.05) is 31.0 Å². The fourth-order valence-corrected chi connectivity index (χ4v) is 4.32. The Balaban J connectivity index is 1.24. The fourth-order valence-electron chi connectivity index (χ4n) is 4.32. The van der Waals surface area contributed by atoms with Crippen LogP contribution in [0.15, 0.2) is 72.8 Å². The van der Waals surface area contributed by atoms with Crippen molar-refractivity contribution in [3.63, 3.8) is 0 Å². The summed E-state index contributed by atoms with van der Waals surface area (Å²) >= 11 is 0. The topological polar surface area (TPSA) is 105 Å². The summed E-state index contributed by atoms with van der Waals surface area (Å²) in [7, 11) is 0. The first-order valence-corrected chi connectivity index (χ1v) is 11.7. The Morgan fingerprint density at radius 2 is 1.46 bits per heavy atom. The zero-order valence-electron chi connectivity index (χ0n) is 19.3. The lowest BCUT2D eigenvalue weighted by Crippen LogP contribution is -2.25. The van der Waals surface area contributed by atoms with Crippen molar-refractivity contribution in [1.29, 1.82) is 0 Å². The summed E-state index contributed by atoms with van der Waals surface area (Å²) in [6.07, 6.45) is 0.804. The molecular formula is C28H28N2O5. The van der Waals surface area contributed by atoms with E-state index in [0.29, 0.717) is 31.5 Å². The number of benzene rings is 3. The van der Waals surface area contributed by atoms with Gasteiger partial charge >= 0.3 is 12.1 Å². The standard InChI is InChI=1S/C28H28N2O5/c31-26(29-17-5-10-27(32)33)16-13-19-11-14-20(15-12-19)30-28(34)35-18-25-23-8-3-1-6-21(23)22-7-2-4-9-24(22)25/h1-4,6-9,11-12,14-15,25H,5,10,13,16-18H2,(H,29,31)(H,30,34)(H,32,33). The number of carboxylic acid groups (broad SMARTS) is 1. The first kappa shape index (κ1) is 24.0. The second-order valence-electron chi connectivity index (χ2n) is 8.49. The molecule has 0 bridgehead atoms. The van der Waals surface area contributed by atoms with Gasteiger partial charge in [-0.3, -0.25) is 14.9 Å². The molecule has 4 rings (SSSR count). The van der Waals surface area contributed by atoms with Crippen molar-refractivity contribution in [1.82, 2.24) is 5.32 Å². The van der Waals surface area contributed by atoms with Crippen molar-refractivity contribution in [3.8, 4) is 11.1 Å². The number of carbonyl (C=O) groups excluding carboxylic acids is 2. The molecule has 0 radical (unpaired) electrons. The van der Waals surface area contributed by atoms with Gasteiger partial charge in [0.1, 0.15) is 6.61 Å². The van der Waals surface area contributed by atoms with E-state index in [1.165, 1.54) is 11.1 Å². The Bertz CT molecular complexity index is 1160. The highest BCUT2D eigenvalue weighted by molar-refractivity contribution is 5.85. The minimum atomic E-state index is -0.869. The largest absolute Gasteiger partial charge is 0.481 e. The number of hydrogen-bond acceptors (Lipinski definition) is 4. The Hall–Kier alpha value is -4.13. The van der Waals surface area contributed by atoms with E-state index in [9.17, 15) is 14.4 Å². The Morgan fingerprint density at radius 1 is 0.829 bits per heavy atom. The summed E-state index contributed by atoms with van der Waals surface area (Å²) in [6.45, 7) is 0.605. The molecule has 35 heavy (non-hydrogen) atoms. The average Bonchev–Trinajstić information content (AvgIpc) is 3.18. The van der Waals surface area contributed by atoms with Gasteiger partial charge in [-0.15, -0.1) is 0 Å². The molecule has 1 aliphatic carbocycles. The molecule has 3 aromatic carbocycles. The number of hydrogen-bond donors (Lipinski definition) is 3. The van der Waals surface area contributed by atoms with Crippen LogP contribution in [0.5, 0.6) is 0 Å². The zero-order chi connectivity index (χ0) is 24.6. The molecule has 0 unspecified atom stereocenters. The quantitative estimate of drug-likeness (QED) is 0.362. The molecule has 1 aliphatic rings. The highest BCUT2D eigenvalue weighted by Gasteiger charge is 2.29. The van der Waals surface area contributed by atoms with E-state index >= 15 is 0 Å². The zero-order valence-corrected chi connectivity index (χ0v) is 19.3. The molecule has 7 heteroatoms. The molecule has 0 saturated heterocycles. The number of carbonyl (C=O) groups is 3. The third kappa shape index (κ3) is 6.26. The average molecular weight is 473 g/mol. The molecule has 0 saturated carbocycles. The van der Waals surface area contributed by atoms with Crippen molar-refractivity contribution in [2.24, 2.45) is 0 Å². The van der Waals surface area contributed by atoms with Crippen LogP contribution in [0, 0.1) is 0 Å². The fraction of sp³-hybridized carbons (Fsp3) is 0.250. The van der Waals surface area contributed by atoms with Crippen molar-refractivity contribution in [2.75, 3.05) is 18.5 Å². The molecule has 0 spiro atoms. The molecule has 0 heterocycles. The minimum Gasteiger partial charge on any atom is -0.481 e. The summed E-state index contributed by atoms with van der Waals surface area (Å²) in [4.78, 5) is 34.8. The maximum Gasteiger partial charge on any atom is 0.411 e. The molecule has 7 nitrogen and oxygen atoms in total. The van der Waals surface area contributed by atoms with E-state index < -0.39 is 12.1 Å². The van der Waals surface area contributed by atoms with Crippen LogP contribution in [-0.4, -0.2) is 36.2 Å². The van der Waals surface area contributed by atoms with E-state index in [2.05, 4.69) is 34.9 Å². The molecule has 180 valence electrons. The predicted molar refractivity (Wildman–Crippen MR) is 133 cm³/mol. The van der Waals surface area contributed by atoms with Crippen LogP contribution in [0.2, 0.25) is 0 Å². The number of amides is 2. The van der Waals surface area contributed by atoms with Crippen molar-refractivity contribution >= 4 is 23.7 Å². The molecule has 0 aliphatic heterocycles. The highest BCUT2D eigenvalue weighted by atomic mass is 16.5. The van der Waals surface area contributed by atoms with E-state index in [4.69, 9.17) is 9.84 Å². The van der Waals surface area contributed by atoms with Gasteiger partial charge in [-0.2, -0.15) is 0 Å². The van der Waals surface area contributed by atoms with Crippen LogP contribution in [0.1, 0.15) is 41.9 Å². The van der Waals surface area contributed by atoms with Crippen molar-refractivity contribution < 1.29 is 24.2 Å². The number of fused-ring (bicyclic) bond motifs is 3. The number of aryl methyl sites for hydroxylation is 1. The van der Waals surface area contributed by atoms with Gasteiger partial charge in [0.05, 0.1) is 0 Å². The third-order valence-electron chi connectivity index (χ3n) is 6.07. The van der Waals surface area contributed by atoms with Gasteiger partial charge in [-0.1, -0.05) is 60.7 Å². The maximum atomic E-state index is 12.4. The summed E-state index contributed by atoms with van der Waals surface area (Å²) in [5.41, 5.74) is 6.27. The maximum absolute atomic E-state index is 12.4. The van der Waals surface area contributed by atoms with Gasteiger partial charge in [-0.05, 0) is 52.8 Å². The van der Waals surface area contributed by atoms with Crippen molar-refractivity contribution in [3.05, 3.63) is 89.5 Å². The second kappa shape index (κ2) is 11.3. The summed E-state index contributed by atoms with van der Waals surface area (Å²) in [5.74, 6) is -0.979. The second-order valence-corrected chi connectivity index (χ2v) is 8.49. The van der Waals surface area contributed by atoms with Crippen LogP contribution >= 0.6 is 0 Å². The lowest BCUT2D eigenvalue weighted by atomic mass is 9.98. The van der Waals surface area contributed by atoms with Crippen LogP contribution < -0.4 is 10.6 Å². The minimum absolute atomic E-state index is 0.00537. The van der Waals surface area contributed by atoms with E-state index in [-0.39, 0.29) is 24.9 Å². The number of ether oxygens (including phenoxy) is 1. The van der Waals surface area contributed by atoms with Crippen LogP contribution in [0.4, 0.5) is 10.5 Å². The predicted octanol–water partition coefficient (Wildman–Crippen LogP) is 4.96. The molecule has 0 aromatic heterocycles. The number of aliphatic carboxylic acids is 1. The monoisotopic (exact) mass is 472 g/mol. The molecule has 2 amide bonds. The van der Waals surface area contributed by atoms with E-state index in [1.807, 2.05) is 36.4 Å². The van der Waals surface area contributed by atoms with E-state index in [1.54, 1.807) is 12.1 Å². The Kier molecular flexibility index (Phi) is 7.77. The van der Waals surface area contributed by atoms with Gasteiger partial charge in [-0.25, -0.2) is 4.79 Å². The normalized spacial score (nSPS) is 11.9. The molecule has 0 atom stereocenters.